The number of rotatable bonds is 6. The van der Waals surface area contributed by atoms with Crippen molar-refractivity contribution in [2.75, 3.05) is 13.2 Å². The summed E-state index contributed by atoms with van der Waals surface area (Å²) in [6.07, 6.45) is 0.227. The highest BCUT2D eigenvalue weighted by molar-refractivity contribution is 6.30. The Morgan fingerprint density at radius 3 is 2.65 bits per heavy atom. The van der Waals surface area contributed by atoms with E-state index in [4.69, 9.17) is 16.3 Å². The molecule has 0 aliphatic heterocycles. The van der Waals surface area contributed by atoms with Gasteiger partial charge in [0.25, 0.3) is 0 Å². The van der Waals surface area contributed by atoms with Crippen LogP contribution < -0.4 is 0 Å². The third-order valence-electron chi connectivity index (χ3n) is 2.54. The maximum atomic E-state index is 10.1. The average Bonchev–Trinajstić information content (AvgIpc) is 2.56. The summed E-state index contributed by atoms with van der Waals surface area (Å²) in [7, 11) is 1.78. The molecule has 1 aromatic rings. The summed E-state index contributed by atoms with van der Waals surface area (Å²) in [5.41, 5.74) is 1.53. The minimum Gasteiger partial charge on any atom is -0.386 e. The number of halogens is 1. The van der Waals surface area contributed by atoms with Crippen molar-refractivity contribution in [3.05, 3.63) is 16.4 Å². The van der Waals surface area contributed by atoms with Gasteiger partial charge in [-0.3, -0.25) is 4.68 Å². The normalized spacial score (nSPS) is 13.4. The Hall–Kier alpha value is -0.580. The zero-order chi connectivity index (χ0) is 13.0. The van der Waals surface area contributed by atoms with Gasteiger partial charge in [-0.1, -0.05) is 32.4 Å². The Morgan fingerprint density at radius 1 is 1.47 bits per heavy atom. The van der Waals surface area contributed by atoms with E-state index in [2.05, 4.69) is 5.10 Å². The van der Waals surface area contributed by atoms with Crippen LogP contribution in [0.5, 0.6) is 0 Å². The average molecular weight is 261 g/mol. The topological polar surface area (TPSA) is 47.3 Å². The van der Waals surface area contributed by atoms with E-state index in [9.17, 15) is 5.11 Å². The molecule has 1 unspecified atom stereocenters. The lowest BCUT2D eigenvalue weighted by molar-refractivity contribution is 0.0358. The quantitative estimate of drug-likeness (QED) is 0.800. The van der Waals surface area contributed by atoms with Gasteiger partial charge in [-0.15, -0.1) is 0 Å². The van der Waals surface area contributed by atoms with Crippen LogP contribution in [0.1, 0.15) is 50.5 Å². The summed E-state index contributed by atoms with van der Waals surface area (Å²) >= 11 is 6.15. The van der Waals surface area contributed by atoms with Crippen LogP contribution in [-0.4, -0.2) is 28.1 Å². The first kappa shape index (κ1) is 14.5. The second kappa shape index (κ2) is 6.38. The molecule has 0 amide bonds. The van der Waals surface area contributed by atoms with Crippen LogP contribution in [0, 0.1) is 0 Å². The van der Waals surface area contributed by atoms with Gasteiger partial charge in [0.15, 0.2) is 0 Å². The van der Waals surface area contributed by atoms with Gasteiger partial charge in [-0.05, 0) is 12.3 Å². The van der Waals surface area contributed by atoms with Crippen LogP contribution in [0.3, 0.4) is 0 Å². The van der Waals surface area contributed by atoms with Gasteiger partial charge in [0, 0.05) is 19.2 Å². The first-order valence-corrected chi connectivity index (χ1v) is 6.34. The second-order valence-electron chi connectivity index (χ2n) is 4.46. The molecule has 0 spiro atoms. The molecule has 0 saturated carbocycles. The third-order valence-corrected chi connectivity index (χ3v) is 2.99. The number of aliphatic hydroxyl groups excluding tert-OH is 1. The predicted molar refractivity (Wildman–Crippen MR) is 68.4 cm³/mol. The largest absolute Gasteiger partial charge is 0.386 e. The molecule has 0 aliphatic carbocycles. The number of nitrogens with zero attached hydrogens (tertiary/aromatic N) is 2. The van der Waals surface area contributed by atoms with E-state index in [0.717, 1.165) is 12.1 Å². The fourth-order valence-corrected chi connectivity index (χ4v) is 1.96. The summed E-state index contributed by atoms with van der Waals surface area (Å²) < 4.78 is 6.94. The first-order valence-electron chi connectivity index (χ1n) is 5.97. The molecule has 0 radical (unpaired) electrons. The van der Waals surface area contributed by atoms with Crippen molar-refractivity contribution in [2.24, 2.45) is 7.05 Å². The van der Waals surface area contributed by atoms with E-state index in [-0.39, 0.29) is 12.5 Å². The highest BCUT2D eigenvalue weighted by Gasteiger charge is 2.23. The fourth-order valence-electron chi connectivity index (χ4n) is 1.70. The Morgan fingerprint density at radius 2 is 2.12 bits per heavy atom. The maximum absolute atomic E-state index is 10.1. The molecule has 1 N–H and O–H groups in total. The number of hydrogen-bond donors (Lipinski definition) is 1. The summed E-state index contributed by atoms with van der Waals surface area (Å²) in [6.45, 7) is 7.00. The fraction of sp³-hybridized carbons (Fsp3) is 0.750. The molecular formula is C12H21ClN2O2. The van der Waals surface area contributed by atoms with Crippen LogP contribution in [0.25, 0.3) is 0 Å². The molecular weight excluding hydrogens is 240 g/mol. The van der Waals surface area contributed by atoms with Gasteiger partial charge in [-0.2, -0.15) is 5.10 Å². The number of aliphatic hydroxyl groups is 1. The Bertz CT molecular complexity index is 364. The molecule has 0 aromatic carbocycles. The van der Waals surface area contributed by atoms with E-state index in [1.807, 2.05) is 20.8 Å². The smallest absolute Gasteiger partial charge is 0.132 e. The minimum atomic E-state index is -0.708. The van der Waals surface area contributed by atoms with E-state index in [0.29, 0.717) is 17.3 Å². The molecule has 0 saturated heterocycles. The van der Waals surface area contributed by atoms with E-state index in [1.165, 1.54) is 0 Å². The maximum Gasteiger partial charge on any atom is 0.132 e. The lowest BCUT2D eigenvalue weighted by atomic mass is 10.0. The lowest BCUT2D eigenvalue weighted by Crippen LogP contribution is -2.10. The highest BCUT2D eigenvalue weighted by atomic mass is 35.5. The van der Waals surface area contributed by atoms with Gasteiger partial charge in [0.05, 0.1) is 12.3 Å². The molecule has 17 heavy (non-hydrogen) atoms. The molecule has 4 nitrogen and oxygen atoms in total. The summed E-state index contributed by atoms with van der Waals surface area (Å²) in [6, 6.07) is 0. The summed E-state index contributed by atoms with van der Waals surface area (Å²) in [4.78, 5) is 0. The lowest BCUT2D eigenvalue weighted by Gasteiger charge is -2.13. The number of aryl methyl sites for hydroxylation is 1. The molecule has 1 heterocycles. The van der Waals surface area contributed by atoms with Crippen molar-refractivity contribution in [1.82, 2.24) is 9.78 Å². The van der Waals surface area contributed by atoms with Crippen LogP contribution in [-0.2, 0) is 11.8 Å². The van der Waals surface area contributed by atoms with Gasteiger partial charge < -0.3 is 9.84 Å². The van der Waals surface area contributed by atoms with E-state index >= 15 is 0 Å². The number of ether oxygens (including phenoxy) is 1. The SMILES string of the molecule is CCCOCC(O)c1c(C(C)C)nn(C)c1Cl. The minimum absolute atomic E-state index is 0.226. The van der Waals surface area contributed by atoms with Gasteiger partial charge in [0.1, 0.15) is 11.3 Å². The van der Waals surface area contributed by atoms with Gasteiger partial charge >= 0.3 is 0 Å². The van der Waals surface area contributed by atoms with Gasteiger partial charge in [-0.25, -0.2) is 0 Å². The number of aromatic nitrogens is 2. The molecule has 1 aromatic heterocycles. The summed E-state index contributed by atoms with van der Waals surface area (Å²) in [5.74, 6) is 0.226. The Labute approximate surface area is 108 Å². The predicted octanol–water partition coefficient (Wildman–Crippen LogP) is 2.66. The van der Waals surface area contributed by atoms with Crippen molar-refractivity contribution >= 4 is 11.6 Å². The zero-order valence-corrected chi connectivity index (χ0v) is 11.7. The van der Waals surface area contributed by atoms with E-state index in [1.54, 1.807) is 11.7 Å². The van der Waals surface area contributed by atoms with Gasteiger partial charge in [0.2, 0.25) is 0 Å². The second-order valence-corrected chi connectivity index (χ2v) is 4.82. The monoisotopic (exact) mass is 260 g/mol. The van der Waals surface area contributed by atoms with Crippen molar-refractivity contribution < 1.29 is 9.84 Å². The van der Waals surface area contributed by atoms with Crippen molar-refractivity contribution in [2.45, 2.75) is 39.2 Å². The van der Waals surface area contributed by atoms with Crippen LogP contribution in [0.4, 0.5) is 0 Å². The molecule has 98 valence electrons. The summed E-state index contributed by atoms with van der Waals surface area (Å²) in [5, 5.41) is 14.9. The van der Waals surface area contributed by atoms with E-state index < -0.39 is 6.10 Å². The standard InChI is InChI=1S/C12H21ClN2O2/c1-5-6-17-7-9(16)10-11(8(2)3)14-15(4)12(10)13/h8-9,16H,5-7H2,1-4H3. The molecule has 5 heteroatoms. The van der Waals surface area contributed by atoms with Crippen LogP contribution in [0.15, 0.2) is 0 Å². The molecule has 0 bridgehead atoms. The van der Waals surface area contributed by atoms with Crippen LogP contribution >= 0.6 is 11.6 Å². The molecule has 0 aliphatic rings. The molecule has 0 fully saturated rings. The Kier molecular flexibility index (Phi) is 5.43. The van der Waals surface area contributed by atoms with Crippen molar-refractivity contribution in [1.29, 1.82) is 0 Å². The van der Waals surface area contributed by atoms with Crippen molar-refractivity contribution in [3.63, 3.8) is 0 Å². The molecule has 1 atom stereocenters. The van der Waals surface area contributed by atoms with Crippen molar-refractivity contribution in [3.8, 4) is 0 Å². The zero-order valence-electron chi connectivity index (χ0n) is 10.9. The Balaban J connectivity index is 2.87. The molecule has 1 rings (SSSR count). The third kappa shape index (κ3) is 3.44. The first-order chi connectivity index (χ1) is 7.99. The van der Waals surface area contributed by atoms with Crippen LogP contribution in [0.2, 0.25) is 5.15 Å². The highest BCUT2D eigenvalue weighted by Crippen LogP contribution is 2.30. The number of hydrogen-bond acceptors (Lipinski definition) is 3.